The van der Waals surface area contributed by atoms with Crippen LogP contribution in [0.25, 0.3) is 0 Å². The fourth-order valence-electron chi connectivity index (χ4n) is 2.37. The maximum atomic E-state index is 11.3. The molecule has 1 aromatic rings. The van der Waals surface area contributed by atoms with Gasteiger partial charge in [-0.25, -0.2) is 9.78 Å². The molecule has 5 heteroatoms. The van der Waals surface area contributed by atoms with E-state index < -0.39 is 12.0 Å². The van der Waals surface area contributed by atoms with E-state index in [1.807, 2.05) is 11.0 Å². The van der Waals surface area contributed by atoms with Gasteiger partial charge in [0, 0.05) is 24.5 Å². The first-order valence-corrected chi connectivity index (χ1v) is 6.11. The van der Waals surface area contributed by atoms with Gasteiger partial charge in [0.2, 0.25) is 5.88 Å². The molecule has 0 radical (unpaired) electrons. The minimum absolute atomic E-state index is 0.450. The second kappa shape index (κ2) is 5.25. The SMILES string of the molecule is COc1cc(N2CCC(C)CC2C(=O)O)ccn1. The molecule has 1 aromatic heterocycles. The molecular weight excluding hydrogens is 232 g/mol. The summed E-state index contributed by atoms with van der Waals surface area (Å²) in [5.41, 5.74) is 0.862. The van der Waals surface area contributed by atoms with Crippen molar-refractivity contribution >= 4 is 11.7 Å². The Balaban J connectivity index is 2.26. The van der Waals surface area contributed by atoms with Gasteiger partial charge in [-0.2, -0.15) is 0 Å². The molecule has 0 aliphatic carbocycles. The van der Waals surface area contributed by atoms with Crippen LogP contribution in [0.3, 0.4) is 0 Å². The molecule has 18 heavy (non-hydrogen) atoms. The minimum atomic E-state index is -0.766. The summed E-state index contributed by atoms with van der Waals surface area (Å²) < 4.78 is 5.08. The number of carbonyl (C=O) groups is 1. The van der Waals surface area contributed by atoms with Crippen LogP contribution in [0.5, 0.6) is 5.88 Å². The number of aliphatic carboxylic acids is 1. The zero-order valence-electron chi connectivity index (χ0n) is 10.7. The van der Waals surface area contributed by atoms with Gasteiger partial charge in [-0.15, -0.1) is 0 Å². The van der Waals surface area contributed by atoms with Crippen molar-refractivity contribution in [2.24, 2.45) is 5.92 Å². The fraction of sp³-hybridized carbons (Fsp3) is 0.538. The third kappa shape index (κ3) is 2.55. The van der Waals surface area contributed by atoms with Crippen molar-refractivity contribution in [2.75, 3.05) is 18.6 Å². The first-order valence-electron chi connectivity index (χ1n) is 6.11. The molecular formula is C13H18N2O3. The predicted molar refractivity (Wildman–Crippen MR) is 68.0 cm³/mol. The molecule has 2 unspecified atom stereocenters. The molecule has 2 atom stereocenters. The number of methoxy groups -OCH3 is 1. The highest BCUT2D eigenvalue weighted by molar-refractivity contribution is 5.78. The highest BCUT2D eigenvalue weighted by atomic mass is 16.5. The van der Waals surface area contributed by atoms with Gasteiger partial charge in [0.15, 0.2) is 0 Å². The van der Waals surface area contributed by atoms with Crippen LogP contribution in [0.4, 0.5) is 5.69 Å². The van der Waals surface area contributed by atoms with E-state index >= 15 is 0 Å². The van der Waals surface area contributed by atoms with Crippen molar-refractivity contribution in [1.82, 2.24) is 4.98 Å². The number of hydrogen-bond acceptors (Lipinski definition) is 4. The van der Waals surface area contributed by atoms with Crippen molar-refractivity contribution in [2.45, 2.75) is 25.8 Å². The summed E-state index contributed by atoms with van der Waals surface area (Å²) in [6, 6.07) is 3.15. The number of anilines is 1. The lowest BCUT2D eigenvalue weighted by molar-refractivity contribution is -0.139. The maximum absolute atomic E-state index is 11.3. The zero-order chi connectivity index (χ0) is 13.1. The van der Waals surface area contributed by atoms with E-state index in [4.69, 9.17) is 4.74 Å². The Kier molecular flexibility index (Phi) is 3.69. The van der Waals surface area contributed by atoms with Gasteiger partial charge in [-0.3, -0.25) is 0 Å². The molecule has 1 N–H and O–H groups in total. The van der Waals surface area contributed by atoms with Gasteiger partial charge in [0.1, 0.15) is 6.04 Å². The van der Waals surface area contributed by atoms with E-state index in [0.29, 0.717) is 18.2 Å². The third-order valence-electron chi connectivity index (χ3n) is 3.41. The number of hydrogen-bond donors (Lipinski definition) is 1. The highest BCUT2D eigenvalue weighted by Crippen LogP contribution is 2.29. The van der Waals surface area contributed by atoms with Gasteiger partial charge in [-0.05, 0) is 24.8 Å². The Labute approximate surface area is 106 Å². The van der Waals surface area contributed by atoms with Crippen LogP contribution in [0.2, 0.25) is 0 Å². The molecule has 98 valence electrons. The summed E-state index contributed by atoms with van der Waals surface area (Å²) in [7, 11) is 1.55. The second-order valence-corrected chi connectivity index (χ2v) is 4.73. The van der Waals surface area contributed by atoms with Crippen LogP contribution < -0.4 is 9.64 Å². The maximum Gasteiger partial charge on any atom is 0.326 e. The third-order valence-corrected chi connectivity index (χ3v) is 3.41. The van der Waals surface area contributed by atoms with E-state index in [2.05, 4.69) is 11.9 Å². The first-order chi connectivity index (χ1) is 8.61. The van der Waals surface area contributed by atoms with Crippen LogP contribution in [0, 0.1) is 5.92 Å². The van der Waals surface area contributed by atoms with E-state index in [1.165, 1.54) is 0 Å². The number of rotatable bonds is 3. The lowest BCUT2D eigenvalue weighted by Gasteiger charge is -2.37. The first kappa shape index (κ1) is 12.7. The smallest absolute Gasteiger partial charge is 0.326 e. The lowest BCUT2D eigenvalue weighted by Crippen LogP contribution is -2.47. The Morgan fingerprint density at radius 1 is 1.61 bits per heavy atom. The number of nitrogens with zero attached hydrogens (tertiary/aromatic N) is 2. The average Bonchev–Trinajstić information content (AvgIpc) is 2.38. The number of pyridine rings is 1. The molecule has 0 aromatic carbocycles. The number of carboxylic acid groups (broad SMARTS) is 1. The largest absolute Gasteiger partial charge is 0.481 e. The standard InChI is InChI=1S/C13H18N2O3/c1-9-4-6-15(11(7-9)13(16)17)10-3-5-14-12(8-10)18-2/h3,5,8-9,11H,4,6-7H2,1-2H3,(H,16,17). The Hall–Kier alpha value is -1.78. The molecule has 0 spiro atoms. The molecule has 1 aliphatic rings. The quantitative estimate of drug-likeness (QED) is 0.886. The van der Waals surface area contributed by atoms with Crippen molar-refractivity contribution in [1.29, 1.82) is 0 Å². The van der Waals surface area contributed by atoms with Crippen molar-refractivity contribution in [3.8, 4) is 5.88 Å². The van der Waals surface area contributed by atoms with E-state index in [0.717, 1.165) is 18.7 Å². The number of aromatic nitrogens is 1. The summed E-state index contributed by atoms with van der Waals surface area (Å²) in [6.07, 6.45) is 3.33. The van der Waals surface area contributed by atoms with Crippen LogP contribution in [0.15, 0.2) is 18.3 Å². The van der Waals surface area contributed by atoms with Crippen LogP contribution >= 0.6 is 0 Å². The molecule has 1 aliphatic heterocycles. The lowest BCUT2D eigenvalue weighted by atomic mass is 9.92. The molecule has 1 fully saturated rings. The summed E-state index contributed by atoms with van der Waals surface area (Å²) in [6.45, 7) is 2.85. The minimum Gasteiger partial charge on any atom is -0.481 e. The van der Waals surface area contributed by atoms with Gasteiger partial charge in [0.05, 0.1) is 7.11 Å². The van der Waals surface area contributed by atoms with Gasteiger partial charge in [-0.1, -0.05) is 6.92 Å². The van der Waals surface area contributed by atoms with E-state index in [-0.39, 0.29) is 0 Å². The number of ether oxygens (including phenoxy) is 1. The monoisotopic (exact) mass is 250 g/mol. The molecule has 2 heterocycles. The highest BCUT2D eigenvalue weighted by Gasteiger charge is 2.31. The normalized spacial score (nSPS) is 23.8. The Morgan fingerprint density at radius 3 is 3.06 bits per heavy atom. The van der Waals surface area contributed by atoms with Crippen LogP contribution in [-0.2, 0) is 4.79 Å². The van der Waals surface area contributed by atoms with E-state index in [9.17, 15) is 9.90 Å². The van der Waals surface area contributed by atoms with Crippen molar-refractivity contribution < 1.29 is 14.6 Å². The summed E-state index contributed by atoms with van der Waals surface area (Å²) in [4.78, 5) is 17.3. The van der Waals surface area contributed by atoms with Crippen molar-refractivity contribution in [3.05, 3.63) is 18.3 Å². The molecule has 0 saturated carbocycles. The Morgan fingerprint density at radius 2 is 2.39 bits per heavy atom. The number of piperidine rings is 1. The van der Waals surface area contributed by atoms with Gasteiger partial charge >= 0.3 is 5.97 Å². The molecule has 2 rings (SSSR count). The van der Waals surface area contributed by atoms with Gasteiger partial charge in [0.25, 0.3) is 0 Å². The topological polar surface area (TPSA) is 62.7 Å². The fourth-order valence-corrected chi connectivity index (χ4v) is 2.37. The van der Waals surface area contributed by atoms with Crippen molar-refractivity contribution in [3.63, 3.8) is 0 Å². The molecule has 5 nitrogen and oxygen atoms in total. The average molecular weight is 250 g/mol. The van der Waals surface area contributed by atoms with Gasteiger partial charge < -0.3 is 14.7 Å². The molecule has 0 bridgehead atoms. The van der Waals surface area contributed by atoms with E-state index in [1.54, 1.807) is 19.4 Å². The Bertz CT molecular complexity index is 436. The van der Waals surface area contributed by atoms with Crippen LogP contribution in [0.1, 0.15) is 19.8 Å². The predicted octanol–water partition coefficient (Wildman–Crippen LogP) is 1.78. The molecule has 0 amide bonds. The summed E-state index contributed by atoms with van der Waals surface area (Å²) in [5.74, 6) is 0.193. The zero-order valence-corrected chi connectivity index (χ0v) is 10.7. The second-order valence-electron chi connectivity index (χ2n) is 4.73. The summed E-state index contributed by atoms with van der Waals surface area (Å²) >= 11 is 0. The summed E-state index contributed by atoms with van der Waals surface area (Å²) in [5, 5.41) is 9.33. The van der Waals surface area contributed by atoms with Crippen LogP contribution in [-0.4, -0.2) is 35.8 Å². The number of carboxylic acids is 1. The molecule has 1 saturated heterocycles.